The molecule has 0 saturated heterocycles. The number of benzene rings is 1. The summed E-state index contributed by atoms with van der Waals surface area (Å²) in [5.74, 6) is -0.0424. The van der Waals surface area contributed by atoms with E-state index >= 15 is 0 Å². The van der Waals surface area contributed by atoms with E-state index in [0.717, 1.165) is 0 Å². The second kappa shape index (κ2) is 4.11. The predicted octanol–water partition coefficient (Wildman–Crippen LogP) is 2.96. The van der Waals surface area contributed by atoms with E-state index < -0.39 is 5.38 Å². The van der Waals surface area contributed by atoms with Crippen molar-refractivity contribution in [2.45, 2.75) is 12.3 Å². The van der Waals surface area contributed by atoms with Gasteiger partial charge in [-0.3, -0.25) is 4.79 Å². The van der Waals surface area contributed by atoms with Crippen molar-refractivity contribution >= 4 is 33.3 Å². The lowest BCUT2D eigenvalue weighted by Gasteiger charge is -2.05. The van der Waals surface area contributed by atoms with Crippen LogP contribution in [0.4, 0.5) is 0 Å². The first-order valence-electron chi connectivity index (χ1n) is 3.69. The lowest BCUT2D eigenvalue weighted by molar-refractivity contribution is 0.0991. The number of alkyl halides is 1. The Kier molecular flexibility index (Phi) is 3.33. The number of Topliss-reactive ketones (excluding diaryl/α,β-unsaturated/α-hetero) is 1. The number of phenolic OH excluding ortho intramolecular Hbond substituents is 1. The van der Waals surface area contributed by atoms with Gasteiger partial charge in [0.25, 0.3) is 0 Å². The minimum atomic E-state index is -0.555. The van der Waals surface area contributed by atoms with Crippen LogP contribution in [0.3, 0.4) is 0 Å². The van der Waals surface area contributed by atoms with E-state index in [9.17, 15) is 4.79 Å². The quantitative estimate of drug-likeness (QED) is 0.658. The molecule has 1 unspecified atom stereocenters. The zero-order chi connectivity index (χ0) is 10.0. The van der Waals surface area contributed by atoms with Gasteiger partial charge < -0.3 is 5.11 Å². The van der Waals surface area contributed by atoms with Crippen molar-refractivity contribution in [2.24, 2.45) is 0 Å². The smallest absolute Gasteiger partial charge is 0.181 e. The standard InChI is InChI=1S/C9H8BrClO2/c1-5(11)9(13)7-3-2-6(12)4-8(7)10/h2-5,12H,1H3. The Labute approximate surface area is 89.7 Å². The molecule has 0 saturated carbocycles. The summed E-state index contributed by atoms with van der Waals surface area (Å²) >= 11 is 8.82. The van der Waals surface area contributed by atoms with Crippen LogP contribution < -0.4 is 0 Å². The monoisotopic (exact) mass is 262 g/mol. The van der Waals surface area contributed by atoms with Crippen molar-refractivity contribution in [1.82, 2.24) is 0 Å². The Morgan fingerprint density at radius 1 is 1.62 bits per heavy atom. The van der Waals surface area contributed by atoms with Crippen LogP contribution in [0, 0.1) is 0 Å². The van der Waals surface area contributed by atoms with Crippen LogP contribution in [0.1, 0.15) is 17.3 Å². The van der Waals surface area contributed by atoms with Crippen LogP contribution in [-0.2, 0) is 0 Å². The van der Waals surface area contributed by atoms with E-state index in [0.29, 0.717) is 10.0 Å². The number of halogens is 2. The Morgan fingerprint density at radius 2 is 2.23 bits per heavy atom. The first kappa shape index (κ1) is 10.5. The molecule has 1 aromatic carbocycles. The molecular formula is C9H8BrClO2. The molecule has 1 N–H and O–H groups in total. The molecule has 2 nitrogen and oxygen atoms in total. The summed E-state index contributed by atoms with van der Waals surface area (Å²) in [5.41, 5.74) is 0.486. The second-order valence-electron chi connectivity index (χ2n) is 2.64. The third-order valence-corrected chi connectivity index (χ3v) is 2.43. The van der Waals surface area contributed by atoms with Crippen LogP contribution in [-0.4, -0.2) is 16.3 Å². The molecule has 1 aromatic rings. The first-order chi connectivity index (χ1) is 6.02. The second-order valence-corrected chi connectivity index (χ2v) is 4.15. The van der Waals surface area contributed by atoms with E-state index in [4.69, 9.17) is 16.7 Å². The van der Waals surface area contributed by atoms with Gasteiger partial charge in [0.05, 0.1) is 5.38 Å². The van der Waals surface area contributed by atoms with E-state index in [1.165, 1.54) is 12.1 Å². The Balaban J connectivity index is 3.09. The van der Waals surface area contributed by atoms with E-state index in [1.54, 1.807) is 13.0 Å². The number of ketones is 1. The molecule has 0 aromatic heterocycles. The highest BCUT2D eigenvalue weighted by molar-refractivity contribution is 9.10. The molecule has 0 aliphatic heterocycles. The Hall–Kier alpha value is -0.540. The summed E-state index contributed by atoms with van der Waals surface area (Å²) in [5, 5.41) is 8.53. The van der Waals surface area contributed by atoms with Gasteiger partial charge in [-0.2, -0.15) is 0 Å². The number of carbonyl (C=O) groups is 1. The highest BCUT2D eigenvalue weighted by Crippen LogP contribution is 2.24. The normalized spacial score (nSPS) is 12.5. The summed E-state index contributed by atoms with van der Waals surface area (Å²) in [4.78, 5) is 11.4. The molecule has 0 fully saturated rings. The average Bonchev–Trinajstić information content (AvgIpc) is 2.03. The molecule has 70 valence electrons. The summed E-state index contributed by atoms with van der Waals surface area (Å²) in [7, 11) is 0. The number of hydrogen-bond donors (Lipinski definition) is 1. The SMILES string of the molecule is CC(Cl)C(=O)c1ccc(O)cc1Br. The summed E-state index contributed by atoms with van der Waals surface area (Å²) in [6, 6.07) is 4.46. The van der Waals surface area contributed by atoms with Crippen LogP contribution >= 0.6 is 27.5 Å². The fourth-order valence-electron chi connectivity index (χ4n) is 0.918. The maximum atomic E-state index is 11.4. The van der Waals surface area contributed by atoms with E-state index in [-0.39, 0.29) is 11.5 Å². The number of phenols is 1. The number of rotatable bonds is 2. The van der Waals surface area contributed by atoms with Crippen LogP contribution in [0.25, 0.3) is 0 Å². The van der Waals surface area contributed by atoms with Crippen LogP contribution in [0.2, 0.25) is 0 Å². The van der Waals surface area contributed by atoms with Crippen molar-refractivity contribution in [3.8, 4) is 5.75 Å². The van der Waals surface area contributed by atoms with Crippen LogP contribution in [0.5, 0.6) is 5.75 Å². The van der Waals surface area contributed by atoms with Gasteiger partial charge in [0.1, 0.15) is 5.75 Å². The Morgan fingerprint density at radius 3 is 2.69 bits per heavy atom. The van der Waals surface area contributed by atoms with Crippen molar-refractivity contribution in [2.75, 3.05) is 0 Å². The molecule has 13 heavy (non-hydrogen) atoms. The number of carbonyl (C=O) groups excluding carboxylic acids is 1. The molecule has 4 heteroatoms. The summed E-state index contributed by atoms with van der Waals surface area (Å²) < 4.78 is 0.560. The molecule has 0 spiro atoms. The molecular weight excluding hydrogens is 255 g/mol. The molecule has 1 rings (SSSR count). The molecule has 0 radical (unpaired) electrons. The molecule has 0 aliphatic carbocycles. The fraction of sp³-hybridized carbons (Fsp3) is 0.222. The third-order valence-electron chi connectivity index (χ3n) is 1.58. The van der Waals surface area contributed by atoms with Gasteiger partial charge in [-0.25, -0.2) is 0 Å². The van der Waals surface area contributed by atoms with Crippen LogP contribution in [0.15, 0.2) is 22.7 Å². The maximum Gasteiger partial charge on any atom is 0.181 e. The average molecular weight is 264 g/mol. The number of aromatic hydroxyl groups is 1. The minimum absolute atomic E-state index is 0.116. The largest absolute Gasteiger partial charge is 0.508 e. The van der Waals surface area contributed by atoms with Gasteiger partial charge in [0, 0.05) is 10.0 Å². The van der Waals surface area contributed by atoms with Crippen molar-refractivity contribution in [3.63, 3.8) is 0 Å². The van der Waals surface area contributed by atoms with Gasteiger partial charge in [-0.05, 0) is 41.1 Å². The maximum absolute atomic E-state index is 11.4. The van der Waals surface area contributed by atoms with Gasteiger partial charge in [0.2, 0.25) is 0 Å². The van der Waals surface area contributed by atoms with E-state index in [1.807, 2.05) is 0 Å². The van der Waals surface area contributed by atoms with Crippen molar-refractivity contribution in [1.29, 1.82) is 0 Å². The zero-order valence-electron chi connectivity index (χ0n) is 6.92. The topological polar surface area (TPSA) is 37.3 Å². The van der Waals surface area contributed by atoms with Gasteiger partial charge in [-0.1, -0.05) is 0 Å². The predicted molar refractivity (Wildman–Crippen MR) is 55.5 cm³/mol. The molecule has 0 bridgehead atoms. The lowest BCUT2D eigenvalue weighted by Crippen LogP contribution is -2.10. The van der Waals surface area contributed by atoms with Crippen molar-refractivity contribution in [3.05, 3.63) is 28.2 Å². The molecule has 1 atom stereocenters. The molecule has 0 heterocycles. The summed E-state index contributed by atoms with van der Waals surface area (Å²) in [6.07, 6.45) is 0. The lowest BCUT2D eigenvalue weighted by atomic mass is 10.1. The minimum Gasteiger partial charge on any atom is -0.508 e. The first-order valence-corrected chi connectivity index (χ1v) is 4.92. The zero-order valence-corrected chi connectivity index (χ0v) is 9.26. The fourth-order valence-corrected chi connectivity index (χ4v) is 1.60. The van der Waals surface area contributed by atoms with Gasteiger partial charge >= 0.3 is 0 Å². The highest BCUT2D eigenvalue weighted by atomic mass is 79.9. The Bertz CT molecular complexity index is 336. The van der Waals surface area contributed by atoms with Gasteiger partial charge in [-0.15, -0.1) is 11.6 Å². The third kappa shape index (κ3) is 2.45. The van der Waals surface area contributed by atoms with E-state index in [2.05, 4.69) is 15.9 Å². The van der Waals surface area contributed by atoms with Gasteiger partial charge in [0.15, 0.2) is 5.78 Å². The molecule has 0 amide bonds. The number of hydrogen-bond acceptors (Lipinski definition) is 2. The molecule has 0 aliphatic rings. The highest BCUT2D eigenvalue weighted by Gasteiger charge is 2.15. The van der Waals surface area contributed by atoms with Crippen molar-refractivity contribution < 1.29 is 9.90 Å². The summed E-state index contributed by atoms with van der Waals surface area (Å²) in [6.45, 7) is 1.61.